The monoisotopic (exact) mass is 311 g/mol. The van der Waals surface area contributed by atoms with Crippen molar-refractivity contribution >= 4 is 9.84 Å². The molecule has 0 amide bonds. The van der Waals surface area contributed by atoms with Gasteiger partial charge in [-0.05, 0) is 30.4 Å². The Morgan fingerprint density at radius 1 is 1.33 bits per heavy atom. The van der Waals surface area contributed by atoms with E-state index in [1.54, 1.807) is 13.2 Å². The van der Waals surface area contributed by atoms with Gasteiger partial charge in [-0.15, -0.1) is 0 Å². The first-order chi connectivity index (χ1) is 9.96. The van der Waals surface area contributed by atoms with Crippen LogP contribution in [0.25, 0.3) is 0 Å². The highest BCUT2D eigenvalue weighted by molar-refractivity contribution is 7.91. The summed E-state index contributed by atoms with van der Waals surface area (Å²) in [6, 6.07) is 5.49. The van der Waals surface area contributed by atoms with Crippen LogP contribution >= 0.6 is 0 Å². The summed E-state index contributed by atoms with van der Waals surface area (Å²) in [4.78, 5) is 0. The molecule has 0 saturated heterocycles. The average molecular weight is 311 g/mol. The van der Waals surface area contributed by atoms with Gasteiger partial charge in [0.1, 0.15) is 5.75 Å². The van der Waals surface area contributed by atoms with Crippen LogP contribution in [0.5, 0.6) is 5.75 Å². The lowest BCUT2D eigenvalue weighted by molar-refractivity contribution is 0.381. The third-order valence-electron chi connectivity index (χ3n) is 4.34. The molecule has 1 aromatic rings. The van der Waals surface area contributed by atoms with Crippen molar-refractivity contribution < 1.29 is 13.2 Å². The second kappa shape index (κ2) is 6.79. The number of sulfone groups is 1. The molecule has 2 atom stereocenters. The van der Waals surface area contributed by atoms with Gasteiger partial charge in [0.15, 0.2) is 9.84 Å². The summed E-state index contributed by atoms with van der Waals surface area (Å²) in [6.07, 6.45) is 3.75. The Labute approximate surface area is 127 Å². The zero-order valence-electron chi connectivity index (χ0n) is 12.8. The van der Waals surface area contributed by atoms with E-state index >= 15 is 0 Å². The van der Waals surface area contributed by atoms with Crippen LogP contribution in [-0.4, -0.2) is 20.8 Å². The summed E-state index contributed by atoms with van der Waals surface area (Å²) < 4.78 is 30.5. The van der Waals surface area contributed by atoms with Crippen LogP contribution < -0.4 is 10.5 Å². The van der Waals surface area contributed by atoms with Crippen molar-refractivity contribution in [2.24, 2.45) is 11.7 Å². The van der Waals surface area contributed by atoms with E-state index in [1.165, 1.54) is 0 Å². The topological polar surface area (TPSA) is 69.4 Å². The van der Waals surface area contributed by atoms with E-state index in [4.69, 9.17) is 10.5 Å². The fourth-order valence-electron chi connectivity index (χ4n) is 3.10. The number of rotatable bonds is 5. The molecule has 1 aliphatic rings. The summed E-state index contributed by atoms with van der Waals surface area (Å²) in [7, 11) is -1.52. The van der Waals surface area contributed by atoms with Crippen LogP contribution in [0.2, 0.25) is 0 Å². The van der Waals surface area contributed by atoms with Crippen molar-refractivity contribution in [2.75, 3.05) is 7.11 Å². The minimum Gasteiger partial charge on any atom is -0.496 e. The quantitative estimate of drug-likeness (QED) is 0.907. The van der Waals surface area contributed by atoms with Crippen LogP contribution in [0, 0.1) is 5.92 Å². The highest BCUT2D eigenvalue weighted by Crippen LogP contribution is 2.30. The third kappa shape index (κ3) is 3.98. The first-order valence-electron chi connectivity index (χ1n) is 7.53. The standard InChI is InChI=1S/C16H25NO3S/c1-12-4-3-5-15(8-12)21(18,19)11-13-6-7-14(10-17)16(9-13)20-2/h6-7,9,12,15H,3-5,8,10-11,17H2,1-2H3. The smallest absolute Gasteiger partial charge is 0.157 e. The molecule has 2 unspecified atom stereocenters. The minimum absolute atomic E-state index is 0.0889. The van der Waals surface area contributed by atoms with Gasteiger partial charge >= 0.3 is 0 Å². The Morgan fingerprint density at radius 2 is 2.10 bits per heavy atom. The average Bonchev–Trinajstić information content (AvgIpc) is 2.46. The zero-order valence-corrected chi connectivity index (χ0v) is 13.7. The minimum atomic E-state index is -3.10. The van der Waals surface area contributed by atoms with Crippen LogP contribution in [-0.2, 0) is 22.1 Å². The van der Waals surface area contributed by atoms with Gasteiger partial charge in [0, 0.05) is 12.1 Å². The highest BCUT2D eigenvalue weighted by Gasteiger charge is 2.30. The molecule has 5 heteroatoms. The van der Waals surface area contributed by atoms with Gasteiger partial charge in [0.2, 0.25) is 0 Å². The zero-order chi connectivity index (χ0) is 15.5. The Morgan fingerprint density at radius 3 is 2.71 bits per heavy atom. The lowest BCUT2D eigenvalue weighted by atomic mass is 9.91. The van der Waals surface area contributed by atoms with Gasteiger partial charge in [-0.1, -0.05) is 31.9 Å². The maximum atomic E-state index is 12.6. The van der Waals surface area contributed by atoms with Gasteiger partial charge in [-0.2, -0.15) is 0 Å². The van der Waals surface area contributed by atoms with Crippen molar-refractivity contribution in [1.82, 2.24) is 0 Å². The van der Waals surface area contributed by atoms with Crippen molar-refractivity contribution in [1.29, 1.82) is 0 Å². The number of hydrogen-bond donors (Lipinski definition) is 1. The highest BCUT2D eigenvalue weighted by atomic mass is 32.2. The van der Waals surface area contributed by atoms with Gasteiger partial charge in [0.25, 0.3) is 0 Å². The Hall–Kier alpha value is -1.07. The van der Waals surface area contributed by atoms with Gasteiger partial charge < -0.3 is 10.5 Å². The fraction of sp³-hybridized carbons (Fsp3) is 0.625. The second-order valence-corrected chi connectivity index (χ2v) is 8.33. The van der Waals surface area contributed by atoms with Gasteiger partial charge in [-0.25, -0.2) is 8.42 Å². The second-order valence-electron chi connectivity index (χ2n) is 6.05. The number of ether oxygens (including phenoxy) is 1. The Kier molecular flexibility index (Phi) is 5.27. The molecular formula is C16H25NO3S. The van der Waals surface area contributed by atoms with E-state index in [9.17, 15) is 8.42 Å². The Balaban J connectivity index is 2.16. The number of benzene rings is 1. The van der Waals surface area contributed by atoms with Crippen LogP contribution in [0.3, 0.4) is 0 Å². The molecule has 2 rings (SSSR count). The van der Waals surface area contributed by atoms with Crippen LogP contribution in [0.1, 0.15) is 43.7 Å². The molecule has 1 aliphatic carbocycles. The summed E-state index contributed by atoms with van der Waals surface area (Å²) in [5.41, 5.74) is 7.31. The largest absolute Gasteiger partial charge is 0.496 e. The molecule has 4 nitrogen and oxygen atoms in total. The van der Waals surface area contributed by atoms with Crippen LogP contribution in [0.15, 0.2) is 18.2 Å². The molecule has 0 aliphatic heterocycles. The summed E-state index contributed by atoms with van der Waals surface area (Å²) in [6.45, 7) is 2.52. The molecule has 1 aromatic carbocycles. The summed E-state index contributed by atoms with van der Waals surface area (Å²) in [5, 5.41) is -0.193. The number of methoxy groups -OCH3 is 1. The van der Waals surface area contributed by atoms with Crippen molar-refractivity contribution in [3.8, 4) is 5.75 Å². The molecule has 1 fully saturated rings. The first kappa shape index (κ1) is 16.3. The van der Waals surface area contributed by atoms with E-state index < -0.39 is 9.84 Å². The molecule has 0 bridgehead atoms. The van der Waals surface area contributed by atoms with Gasteiger partial charge in [-0.3, -0.25) is 0 Å². The normalized spacial score (nSPS) is 23.0. The molecule has 0 spiro atoms. The van der Waals surface area contributed by atoms with E-state index in [-0.39, 0.29) is 11.0 Å². The van der Waals surface area contributed by atoms with Crippen molar-refractivity contribution in [3.63, 3.8) is 0 Å². The predicted octanol–water partition coefficient (Wildman–Crippen LogP) is 2.65. The number of hydrogen-bond acceptors (Lipinski definition) is 4. The molecule has 1 saturated carbocycles. The Bertz CT molecular complexity index is 583. The summed E-state index contributed by atoms with van der Waals surface area (Å²) in [5.74, 6) is 1.26. The SMILES string of the molecule is COc1cc(CS(=O)(=O)C2CCCC(C)C2)ccc1CN. The third-order valence-corrected chi connectivity index (χ3v) is 6.51. The van der Waals surface area contributed by atoms with E-state index in [2.05, 4.69) is 6.92 Å². The van der Waals surface area contributed by atoms with E-state index in [1.807, 2.05) is 12.1 Å². The fourth-order valence-corrected chi connectivity index (χ4v) is 5.13. The molecule has 0 aromatic heterocycles. The predicted molar refractivity (Wildman–Crippen MR) is 84.9 cm³/mol. The lowest BCUT2D eigenvalue weighted by Gasteiger charge is -2.26. The van der Waals surface area contributed by atoms with Gasteiger partial charge in [0.05, 0.1) is 18.1 Å². The molecular weight excluding hydrogens is 286 g/mol. The van der Waals surface area contributed by atoms with Crippen molar-refractivity contribution in [2.45, 2.75) is 50.2 Å². The van der Waals surface area contributed by atoms with E-state index in [0.29, 0.717) is 18.2 Å². The maximum absolute atomic E-state index is 12.6. The molecule has 118 valence electrons. The molecule has 2 N–H and O–H groups in total. The lowest BCUT2D eigenvalue weighted by Crippen LogP contribution is -2.28. The maximum Gasteiger partial charge on any atom is 0.157 e. The first-order valence-corrected chi connectivity index (χ1v) is 9.25. The van der Waals surface area contributed by atoms with Crippen LogP contribution in [0.4, 0.5) is 0 Å². The molecule has 0 heterocycles. The number of nitrogens with two attached hydrogens (primary N) is 1. The summed E-state index contributed by atoms with van der Waals surface area (Å²) >= 11 is 0. The van der Waals surface area contributed by atoms with E-state index in [0.717, 1.165) is 36.8 Å². The molecule has 21 heavy (non-hydrogen) atoms. The molecule has 0 radical (unpaired) electrons. The van der Waals surface area contributed by atoms with Crippen molar-refractivity contribution in [3.05, 3.63) is 29.3 Å².